The molecule has 0 saturated heterocycles. The van der Waals surface area contributed by atoms with Gasteiger partial charge in [-0.2, -0.15) is 5.10 Å². The Morgan fingerprint density at radius 3 is 2.36 bits per heavy atom. The second-order valence-electron chi connectivity index (χ2n) is 9.29. The zero-order chi connectivity index (χ0) is 29.6. The van der Waals surface area contributed by atoms with Crippen molar-refractivity contribution in [1.29, 1.82) is 0 Å². The first-order valence-corrected chi connectivity index (χ1v) is 14.9. The number of hydrogen-bond acceptors (Lipinski definition) is 10. The molecule has 1 N–H and O–H groups in total. The van der Waals surface area contributed by atoms with Crippen molar-refractivity contribution in [1.82, 2.24) is 25.1 Å². The molecule has 2 amide bonds. The van der Waals surface area contributed by atoms with Gasteiger partial charge in [0.2, 0.25) is 0 Å². The van der Waals surface area contributed by atoms with Gasteiger partial charge in [0.05, 0.1) is 50.3 Å². The summed E-state index contributed by atoms with van der Waals surface area (Å²) in [6, 6.07) is 16.4. The molecular formula is C29H30N6O5S2. The molecule has 1 aliphatic rings. The first-order valence-electron chi connectivity index (χ1n) is 13.0. The summed E-state index contributed by atoms with van der Waals surface area (Å²) in [6.45, 7) is 0.149. The van der Waals surface area contributed by atoms with Crippen LogP contribution >= 0.6 is 23.1 Å². The number of carbonyl (C=O) groups is 2. The minimum atomic E-state index is -0.308. The van der Waals surface area contributed by atoms with Crippen LogP contribution in [-0.2, 0) is 18.4 Å². The number of amides is 2. The Morgan fingerprint density at radius 2 is 1.71 bits per heavy atom. The van der Waals surface area contributed by atoms with Crippen LogP contribution in [0, 0.1) is 0 Å². The zero-order valence-corrected chi connectivity index (χ0v) is 25.2. The van der Waals surface area contributed by atoms with Gasteiger partial charge in [-0.25, -0.2) is 5.01 Å². The second kappa shape index (κ2) is 13.1. The predicted octanol–water partition coefficient (Wildman–Crippen LogP) is 4.30. The number of hydrazone groups is 1. The van der Waals surface area contributed by atoms with Gasteiger partial charge in [0.25, 0.3) is 11.8 Å². The molecule has 13 heteroatoms. The summed E-state index contributed by atoms with van der Waals surface area (Å²) >= 11 is 2.87. The van der Waals surface area contributed by atoms with Crippen LogP contribution in [0.3, 0.4) is 0 Å². The van der Waals surface area contributed by atoms with Crippen LogP contribution in [0.4, 0.5) is 0 Å². The van der Waals surface area contributed by atoms with E-state index < -0.39 is 0 Å². The maximum atomic E-state index is 13.5. The SMILES string of the molecule is COc1ccc([C@H]2CC(c3cccs3)=NN2C(=O)CSc2nnc(CNC(=O)c3cc(OC)cc(OC)c3)n2C)cc1. The molecule has 218 valence electrons. The molecule has 3 heterocycles. The minimum absolute atomic E-state index is 0.121. The molecule has 5 rings (SSSR count). The van der Waals surface area contributed by atoms with Gasteiger partial charge in [0.1, 0.15) is 17.2 Å². The van der Waals surface area contributed by atoms with Crippen molar-refractivity contribution in [3.63, 3.8) is 0 Å². The van der Waals surface area contributed by atoms with E-state index in [0.717, 1.165) is 21.9 Å². The molecule has 0 fully saturated rings. The van der Waals surface area contributed by atoms with E-state index in [-0.39, 0.29) is 30.2 Å². The van der Waals surface area contributed by atoms with Crippen molar-refractivity contribution in [2.24, 2.45) is 12.1 Å². The van der Waals surface area contributed by atoms with Crippen LogP contribution in [0.2, 0.25) is 0 Å². The highest BCUT2D eigenvalue weighted by Crippen LogP contribution is 2.35. The summed E-state index contributed by atoms with van der Waals surface area (Å²) in [5.41, 5.74) is 2.26. The van der Waals surface area contributed by atoms with E-state index in [2.05, 4.69) is 15.5 Å². The number of hydrogen-bond donors (Lipinski definition) is 1. The van der Waals surface area contributed by atoms with Gasteiger partial charge in [0, 0.05) is 25.1 Å². The highest BCUT2D eigenvalue weighted by molar-refractivity contribution is 7.99. The van der Waals surface area contributed by atoms with E-state index in [9.17, 15) is 9.59 Å². The molecule has 11 nitrogen and oxygen atoms in total. The Hall–Kier alpha value is -4.36. The fourth-order valence-electron chi connectivity index (χ4n) is 4.43. The monoisotopic (exact) mass is 606 g/mol. The van der Waals surface area contributed by atoms with Crippen LogP contribution in [0.15, 0.2) is 70.2 Å². The van der Waals surface area contributed by atoms with Gasteiger partial charge < -0.3 is 24.1 Å². The molecule has 0 spiro atoms. The number of benzene rings is 2. The van der Waals surface area contributed by atoms with Gasteiger partial charge >= 0.3 is 0 Å². The van der Waals surface area contributed by atoms with E-state index in [0.29, 0.717) is 34.5 Å². The molecule has 2 aromatic carbocycles. The molecule has 1 aliphatic heterocycles. The lowest BCUT2D eigenvalue weighted by molar-refractivity contribution is -0.130. The third-order valence-electron chi connectivity index (χ3n) is 6.74. The van der Waals surface area contributed by atoms with Crippen LogP contribution in [0.1, 0.15) is 39.1 Å². The number of rotatable bonds is 11. The van der Waals surface area contributed by atoms with E-state index in [4.69, 9.17) is 19.3 Å². The lowest BCUT2D eigenvalue weighted by atomic mass is 10.0. The molecular weight excluding hydrogens is 576 g/mol. The fraction of sp³-hybridized carbons (Fsp3) is 0.276. The quantitative estimate of drug-likeness (QED) is 0.251. The molecule has 0 unspecified atom stereocenters. The average Bonchev–Trinajstić information content (AvgIpc) is 3.79. The van der Waals surface area contributed by atoms with E-state index >= 15 is 0 Å². The number of thiophene rings is 1. The molecule has 42 heavy (non-hydrogen) atoms. The summed E-state index contributed by atoms with van der Waals surface area (Å²) in [5.74, 6) is 2.00. The first-order chi connectivity index (χ1) is 20.4. The standard InChI is InChI=1S/C29H30N6O5S2/c1-34-26(16-30-28(37)19-12-21(39-3)14-22(13-19)40-4)31-32-29(34)42-17-27(36)35-24(18-7-9-20(38-2)10-8-18)15-23(33-35)25-6-5-11-41-25/h5-14,24H,15-17H2,1-4H3,(H,30,37)/t24-/m1/s1. The highest BCUT2D eigenvalue weighted by Gasteiger charge is 2.33. The number of thioether (sulfide) groups is 1. The lowest BCUT2D eigenvalue weighted by Crippen LogP contribution is -2.28. The largest absolute Gasteiger partial charge is 0.497 e. The van der Waals surface area contributed by atoms with Crippen molar-refractivity contribution in [3.8, 4) is 17.2 Å². The molecule has 1 atom stereocenters. The van der Waals surface area contributed by atoms with Crippen molar-refractivity contribution in [3.05, 3.63) is 81.8 Å². The number of nitrogens with zero attached hydrogens (tertiary/aromatic N) is 5. The Morgan fingerprint density at radius 1 is 1.00 bits per heavy atom. The molecule has 2 aromatic heterocycles. The molecule has 0 saturated carbocycles. The van der Waals surface area contributed by atoms with E-state index in [1.807, 2.05) is 41.8 Å². The van der Waals surface area contributed by atoms with Crippen LogP contribution in [-0.4, -0.2) is 64.4 Å². The van der Waals surface area contributed by atoms with Crippen LogP contribution < -0.4 is 19.5 Å². The number of nitrogens with one attached hydrogen (secondary N) is 1. The zero-order valence-electron chi connectivity index (χ0n) is 23.6. The maximum absolute atomic E-state index is 13.5. The second-order valence-corrected chi connectivity index (χ2v) is 11.2. The summed E-state index contributed by atoms with van der Waals surface area (Å²) < 4.78 is 17.6. The van der Waals surface area contributed by atoms with Crippen LogP contribution in [0.5, 0.6) is 17.2 Å². The average molecular weight is 607 g/mol. The van der Waals surface area contributed by atoms with Gasteiger partial charge in [-0.05, 0) is 41.3 Å². The summed E-state index contributed by atoms with van der Waals surface area (Å²) in [4.78, 5) is 27.3. The first kappa shape index (κ1) is 29.1. The lowest BCUT2D eigenvalue weighted by Gasteiger charge is -2.22. The molecule has 0 bridgehead atoms. The van der Waals surface area contributed by atoms with Gasteiger partial charge in [-0.3, -0.25) is 9.59 Å². The van der Waals surface area contributed by atoms with Crippen molar-refractivity contribution in [2.45, 2.75) is 24.2 Å². The van der Waals surface area contributed by atoms with Crippen molar-refractivity contribution in [2.75, 3.05) is 27.1 Å². The Balaban J connectivity index is 1.24. The van der Waals surface area contributed by atoms with Gasteiger partial charge in [-0.1, -0.05) is 30.0 Å². The predicted molar refractivity (Wildman–Crippen MR) is 160 cm³/mol. The number of carbonyl (C=O) groups excluding carboxylic acids is 2. The molecule has 0 radical (unpaired) electrons. The van der Waals surface area contributed by atoms with Crippen molar-refractivity contribution >= 4 is 40.6 Å². The summed E-state index contributed by atoms with van der Waals surface area (Å²) in [6.07, 6.45) is 0.621. The molecule has 4 aromatic rings. The third kappa shape index (κ3) is 6.42. The minimum Gasteiger partial charge on any atom is -0.497 e. The fourth-order valence-corrected chi connectivity index (χ4v) is 5.94. The summed E-state index contributed by atoms with van der Waals surface area (Å²) in [5, 5.41) is 20.2. The number of ether oxygens (including phenoxy) is 3. The van der Waals surface area contributed by atoms with Gasteiger partial charge in [-0.15, -0.1) is 21.5 Å². The number of aromatic nitrogens is 3. The normalized spacial score (nSPS) is 14.4. The molecule has 0 aliphatic carbocycles. The van der Waals surface area contributed by atoms with Crippen LogP contribution in [0.25, 0.3) is 0 Å². The van der Waals surface area contributed by atoms with E-state index in [1.54, 1.807) is 53.3 Å². The van der Waals surface area contributed by atoms with Crippen molar-refractivity contribution < 1.29 is 23.8 Å². The van der Waals surface area contributed by atoms with Gasteiger partial charge in [0.15, 0.2) is 11.0 Å². The smallest absolute Gasteiger partial charge is 0.253 e. The third-order valence-corrected chi connectivity index (χ3v) is 8.67. The highest BCUT2D eigenvalue weighted by atomic mass is 32.2. The Bertz CT molecular complexity index is 1560. The number of methoxy groups -OCH3 is 3. The summed E-state index contributed by atoms with van der Waals surface area (Å²) in [7, 11) is 6.47. The van der Waals surface area contributed by atoms with E-state index in [1.165, 1.54) is 26.0 Å². The Kier molecular flexibility index (Phi) is 9.08. The maximum Gasteiger partial charge on any atom is 0.253 e. The Labute approximate surface area is 251 Å². The topological polar surface area (TPSA) is 120 Å².